The van der Waals surface area contributed by atoms with Crippen LogP contribution < -0.4 is 15.5 Å². The summed E-state index contributed by atoms with van der Waals surface area (Å²) in [6, 6.07) is 5.35. The summed E-state index contributed by atoms with van der Waals surface area (Å²) in [5, 5.41) is 6.43. The summed E-state index contributed by atoms with van der Waals surface area (Å²) in [7, 11) is 0. The Bertz CT molecular complexity index is 541. The van der Waals surface area contributed by atoms with Gasteiger partial charge in [-0.25, -0.2) is 4.39 Å². The molecule has 2 N–H and O–H groups in total. The van der Waals surface area contributed by atoms with E-state index in [1.54, 1.807) is 6.07 Å². The largest absolute Gasteiger partial charge is 0.371 e. The molecule has 2 aliphatic rings. The molecular formula is C17H24FN3O. The molecule has 0 spiro atoms. The maximum absolute atomic E-state index is 13.2. The Morgan fingerprint density at radius 1 is 1.27 bits per heavy atom. The van der Waals surface area contributed by atoms with E-state index < -0.39 is 0 Å². The van der Waals surface area contributed by atoms with Crippen LogP contribution in [0, 0.1) is 12.7 Å². The van der Waals surface area contributed by atoms with E-state index in [4.69, 9.17) is 0 Å². The third kappa shape index (κ3) is 3.40. The van der Waals surface area contributed by atoms with Crippen molar-refractivity contribution in [2.75, 3.05) is 24.5 Å². The number of carbonyl (C=O) groups excluding carboxylic acids is 1. The molecule has 4 nitrogen and oxygen atoms in total. The van der Waals surface area contributed by atoms with E-state index in [1.807, 2.05) is 13.0 Å². The molecule has 2 heterocycles. The average molecular weight is 305 g/mol. The fourth-order valence-electron chi connectivity index (χ4n) is 3.48. The quantitative estimate of drug-likeness (QED) is 0.897. The first-order chi connectivity index (χ1) is 10.6. The molecule has 0 saturated carbocycles. The normalized spacial score (nSPS) is 23.5. The van der Waals surface area contributed by atoms with Crippen molar-refractivity contribution in [2.45, 2.75) is 44.7 Å². The first-order valence-corrected chi connectivity index (χ1v) is 8.18. The van der Waals surface area contributed by atoms with Crippen LogP contribution in [0.3, 0.4) is 0 Å². The summed E-state index contributed by atoms with van der Waals surface area (Å²) < 4.78 is 13.2. The lowest BCUT2D eigenvalue weighted by Gasteiger charge is -2.37. The van der Waals surface area contributed by atoms with Crippen molar-refractivity contribution in [1.82, 2.24) is 10.6 Å². The minimum atomic E-state index is -0.180. The topological polar surface area (TPSA) is 44.4 Å². The van der Waals surface area contributed by atoms with Crippen LogP contribution in [-0.4, -0.2) is 37.6 Å². The van der Waals surface area contributed by atoms with E-state index in [9.17, 15) is 9.18 Å². The molecule has 0 radical (unpaired) electrons. The maximum atomic E-state index is 13.2. The number of benzene rings is 1. The number of aryl methyl sites for hydroxylation is 1. The molecule has 22 heavy (non-hydrogen) atoms. The van der Waals surface area contributed by atoms with Crippen molar-refractivity contribution >= 4 is 11.6 Å². The molecule has 120 valence electrons. The van der Waals surface area contributed by atoms with Gasteiger partial charge < -0.3 is 15.5 Å². The van der Waals surface area contributed by atoms with Crippen molar-refractivity contribution in [2.24, 2.45) is 0 Å². The zero-order valence-electron chi connectivity index (χ0n) is 13.1. The van der Waals surface area contributed by atoms with E-state index in [1.165, 1.54) is 6.07 Å². The summed E-state index contributed by atoms with van der Waals surface area (Å²) >= 11 is 0. The van der Waals surface area contributed by atoms with Gasteiger partial charge in [0.15, 0.2) is 0 Å². The number of carbonyl (C=O) groups is 1. The molecule has 3 rings (SSSR count). The zero-order chi connectivity index (χ0) is 15.5. The predicted octanol–water partition coefficient (Wildman–Crippen LogP) is 1.97. The smallest absolute Gasteiger partial charge is 0.237 e. The molecule has 1 aromatic rings. The molecule has 0 bridgehead atoms. The lowest BCUT2D eigenvalue weighted by Crippen LogP contribution is -2.54. The van der Waals surface area contributed by atoms with Gasteiger partial charge in [-0.1, -0.05) is 0 Å². The maximum Gasteiger partial charge on any atom is 0.237 e. The summed E-state index contributed by atoms with van der Waals surface area (Å²) in [5.41, 5.74) is 2.10. The Labute approximate surface area is 131 Å². The number of nitrogens with one attached hydrogen (secondary N) is 2. The zero-order valence-corrected chi connectivity index (χ0v) is 13.1. The van der Waals surface area contributed by atoms with E-state index in [0.29, 0.717) is 6.04 Å². The number of nitrogens with zero attached hydrogens (tertiary/aromatic N) is 1. The Hall–Kier alpha value is -1.62. The van der Waals surface area contributed by atoms with Crippen molar-refractivity contribution < 1.29 is 9.18 Å². The Kier molecular flexibility index (Phi) is 4.62. The highest BCUT2D eigenvalue weighted by Gasteiger charge is 2.27. The van der Waals surface area contributed by atoms with Gasteiger partial charge >= 0.3 is 0 Å². The van der Waals surface area contributed by atoms with Gasteiger partial charge in [0.25, 0.3) is 0 Å². The summed E-state index contributed by atoms with van der Waals surface area (Å²) in [5.74, 6) is -0.0378. The van der Waals surface area contributed by atoms with Crippen LogP contribution in [0.25, 0.3) is 0 Å². The van der Waals surface area contributed by atoms with Crippen molar-refractivity contribution in [1.29, 1.82) is 0 Å². The highest BCUT2D eigenvalue weighted by molar-refractivity contribution is 5.82. The molecule has 0 aliphatic carbocycles. The molecule has 2 aliphatic heterocycles. The first kappa shape index (κ1) is 15.3. The fraction of sp³-hybridized carbons (Fsp3) is 0.588. The molecule has 5 heteroatoms. The van der Waals surface area contributed by atoms with Gasteiger partial charge in [0.2, 0.25) is 5.91 Å². The van der Waals surface area contributed by atoms with Gasteiger partial charge in [-0.15, -0.1) is 0 Å². The third-order valence-corrected chi connectivity index (χ3v) is 4.72. The minimum absolute atomic E-state index is 0.0298. The number of hydrogen-bond acceptors (Lipinski definition) is 3. The molecule has 1 aromatic carbocycles. The monoisotopic (exact) mass is 305 g/mol. The number of rotatable bonds is 3. The second kappa shape index (κ2) is 6.65. The van der Waals surface area contributed by atoms with Crippen molar-refractivity contribution in [3.05, 3.63) is 29.6 Å². The SMILES string of the molecule is Cc1cc(F)ccc1N1CCC(N[C@@H]2CCCNC2=O)CC1. The number of halogens is 1. The molecule has 0 unspecified atom stereocenters. The minimum Gasteiger partial charge on any atom is -0.371 e. The second-order valence-electron chi connectivity index (χ2n) is 6.34. The summed E-state index contributed by atoms with van der Waals surface area (Å²) in [6.45, 7) is 4.64. The molecule has 1 atom stereocenters. The van der Waals surface area contributed by atoms with Crippen molar-refractivity contribution in [3.8, 4) is 0 Å². The predicted molar refractivity (Wildman–Crippen MR) is 85.5 cm³/mol. The van der Waals surface area contributed by atoms with Gasteiger partial charge in [0, 0.05) is 31.4 Å². The van der Waals surface area contributed by atoms with Crippen LogP contribution in [0.4, 0.5) is 10.1 Å². The molecule has 1 amide bonds. The van der Waals surface area contributed by atoms with E-state index >= 15 is 0 Å². The Balaban J connectivity index is 1.55. The molecule has 0 aromatic heterocycles. The van der Waals surface area contributed by atoms with Crippen LogP contribution in [0.1, 0.15) is 31.2 Å². The van der Waals surface area contributed by atoms with Crippen LogP contribution in [0.15, 0.2) is 18.2 Å². The standard InChI is InChI=1S/C17H24FN3O/c1-12-11-13(18)4-5-16(12)21-9-6-14(7-10-21)20-15-3-2-8-19-17(15)22/h4-5,11,14-15,20H,2-3,6-10H2,1H3,(H,19,22)/t15-/m1/s1. The summed E-state index contributed by atoms with van der Waals surface area (Å²) in [6.07, 6.45) is 4.02. The van der Waals surface area contributed by atoms with E-state index in [-0.39, 0.29) is 17.8 Å². The lowest BCUT2D eigenvalue weighted by molar-refractivity contribution is -0.124. The average Bonchev–Trinajstić information content (AvgIpc) is 2.51. The molecule has 2 fully saturated rings. The van der Waals surface area contributed by atoms with Crippen LogP contribution in [0.5, 0.6) is 0 Å². The van der Waals surface area contributed by atoms with Crippen LogP contribution in [-0.2, 0) is 4.79 Å². The fourth-order valence-corrected chi connectivity index (χ4v) is 3.48. The van der Waals surface area contributed by atoms with Crippen LogP contribution in [0.2, 0.25) is 0 Å². The number of piperidine rings is 2. The Morgan fingerprint density at radius 3 is 2.73 bits per heavy atom. The highest BCUT2D eigenvalue weighted by atomic mass is 19.1. The van der Waals surface area contributed by atoms with E-state index in [2.05, 4.69) is 15.5 Å². The molecular weight excluding hydrogens is 281 g/mol. The number of anilines is 1. The number of amides is 1. The van der Waals surface area contributed by atoms with E-state index in [0.717, 1.165) is 56.6 Å². The highest BCUT2D eigenvalue weighted by Crippen LogP contribution is 2.24. The van der Waals surface area contributed by atoms with Crippen LogP contribution >= 0.6 is 0 Å². The third-order valence-electron chi connectivity index (χ3n) is 4.72. The number of hydrogen-bond donors (Lipinski definition) is 2. The van der Waals surface area contributed by atoms with Gasteiger partial charge in [-0.2, -0.15) is 0 Å². The molecule has 2 saturated heterocycles. The second-order valence-corrected chi connectivity index (χ2v) is 6.34. The summed E-state index contributed by atoms with van der Waals surface area (Å²) in [4.78, 5) is 14.1. The van der Waals surface area contributed by atoms with Crippen molar-refractivity contribution in [3.63, 3.8) is 0 Å². The first-order valence-electron chi connectivity index (χ1n) is 8.18. The van der Waals surface area contributed by atoms with Gasteiger partial charge in [-0.05, 0) is 56.4 Å². The Morgan fingerprint density at radius 2 is 2.05 bits per heavy atom. The lowest BCUT2D eigenvalue weighted by atomic mass is 9.99. The van der Waals surface area contributed by atoms with Gasteiger partial charge in [-0.3, -0.25) is 4.79 Å². The van der Waals surface area contributed by atoms with Gasteiger partial charge in [0.05, 0.1) is 6.04 Å². The van der Waals surface area contributed by atoms with Gasteiger partial charge in [0.1, 0.15) is 5.82 Å².